The largest absolute Gasteiger partial charge is 0.462 e. The summed E-state index contributed by atoms with van der Waals surface area (Å²) in [5.74, 6) is -0.648. The molecule has 10 nitrogen and oxygen atoms in total. The standard InChI is InChI=1S/C19H22N4O6/c1-2-29-19(26)14-3-8-17(18(13-14)23(27)28)21-20-15-4-6-16(7-5-15)22(9-11-24)10-12-25/h3-8,13,24-25H,2,9-12H2,1H3. The predicted molar refractivity (Wildman–Crippen MR) is 106 cm³/mol. The van der Waals surface area contributed by atoms with Gasteiger partial charge in [0.05, 0.1) is 36.0 Å². The van der Waals surface area contributed by atoms with Gasteiger partial charge in [0.15, 0.2) is 5.69 Å². The number of hydrogen-bond donors (Lipinski definition) is 2. The summed E-state index contributed by atoms with van der Waals surface area (Å²) in [7, 11) is 0. The molecule has 0 saturated carbocycles. The number of nitro benzene ring substituents is 1. The van der Waals surface area contributed by atoms with Crippen LogP contribution >= 0.6 is 0 Å². The Morgan fingerprint density at radius 3 is 2.31 bits per heavy atom. The number of aliphatic hydroxyl groups is 2. The van der Waals surface area contributed by atoms with Crippen molar-refractivity contribution >= 4 is 28.7 Å². The van der Waals surface area contributed by atoms with Gasteiger partial charge < -0.3 is 19.8 Å². The van der Waals surface area contributed by atoms with Crippen LogP contribution in [-0.2, 0) is 4.74 Å². The third-order valence-corrected chi connectivity index (χ3v) is 3.91. The van der Waals surface area contributed by atoms with Crippen LogP contribution < -0.4 is 4.90 Å². The third-order valence-electron chi connectivity index (χ3n) is 3.91. The molecule has 0 unspecified atom stereocenters. The Morgan fingerprint density at radius 1 is 1.10 bits per heavy atom. The van der Waals surface area contributed by atoms with Crippen LogP contribution in [0.3, 0.4) is 0 Å². The summed E-state index contributed by atoms with van der Waals surface area (Å²) in [6.45, 7) is 2.46. The first-order chi connectivity index (χ1) is 14.0. The monoisotopic (exact) mass is 402 g/mol. The van der Waals surface area contributed by atoms with Gasteiger partial charge in [-0.3, -0.25) is 10.1 Å². The van der Waals surface area contributed by atoms with Crippen LogP contribution in [0.1, 0.15) is 17.3 Å². The average Bonchev–Trinajstić information content (AvgIpc) is 2.72. The number of nitrogens with zero attached hydrogens (tertiary/aromatic N) is 4. The summed E-state index contributed by atoms with van der Waals surface area (Å²) < 4.78 is 4.85. The highest BCUT2D eigenvalue weighted by Gasteiger charge is 2.18. The molecule has 0 bridgehead atoms. The molecule has 0 amide bonds. The zero-order valence-electron chi connectivity index (χ0n) is 15.9. The van der Waals surface area contributed by atoms with Gasteiger partial charge in [0.25, 0.3) is 5.69 Å². The Hall–Kier alpha value is -3.37. The predicted octanol–water partition coefficient (Wildman–Crippen LogP) is 2.98. The lowest BCUT2D eigenvalue weighted by Crippen LogP contribution is -2.29. The molecule has 2 N–H and O–H groups in total. The van der Waals surface area contributed by atoms with E-state index in [1.54, 1.807) is 36.1 Å². The number of hydrogen-bond acceptors (Lipinski definition) is 9. The molecule has 0 aliphatic carbocycles. The molecule has 0 saturated heterocycles. The maximum atomic E-state index is 11.8. The lowest BCUT2D eigenvalue weighted by molar-refractivity contribution is -0.384. The number of anilines is 1. The number of benzene rings is 2. The van der Waals surface area contributed by atoms with E-state index < -0.39 is 10.9 Å². The highest BCUT2D eigenvalue weighted by molar-refractivity contribution is 5.91. The first kappa shape index (κ1) is 21.9. The summed E-state index contributed by atoms with van der Waals surface area (Å²) in [4.78, 5) is 24.2. The van der Waals surface area contributed by atoms with E-state index in [4.69, 9.17) is 14.9 Å². The second kappa shape index (κ2) is 10.8. The number of esters is 1. The molecular formula is C19H22N4O6. The van der Waals surface area contributed by atoms with Crippen molar-refractivity contribution in [3.8, 4) is 0 Å². The van der Waals surface area contributed by atoms with Crippen molar-refractivity contribution in [1.29, 1.82) is 0 Å². The second-order valence-corrected chi connectivity index (χ2v) is 5.83. The fourth-order valence-corrected chi connectivity index (χ4v) is 2.55. The summed E-state index contributed by atoms with van der Waals surface area (Å²) in [6.07, 6.45) is 0. The molecule has 29 heavy (non-hydrogen) atoms. The summed E-state index contributed by atoms with van der Waals surface area (Å²) >= 11 is 0. The molecule has 0 spiro atoms. The van der Waals surface area contributed by atoms with Crippen LogP contribution in [-0.4, -0.2) is 54.0 Å². The fourth-order valence-electron chi connectivity index (χ4n) is 2.55. The van der Waals surface area contributed by atoms with E-state index in [0.717, 1.165) is 11.8 Å². The van der Waals surface area contributed by atoms with E-state index in [1.807, 2.05) is 0 Å². The van der Waals surface area contributed by atoms with Gasteiger partial charge >= 0.3 is 5.97 Å². The molecule has 0 fully saturated rings. The molecule has 0 radical (unpaired) electrons. The van der Waals surface area contributed by atoms with Gasteiger partial charge in [-0.1, -0.05) is 0 Å². The summed E-state index contributed by atoms with van der Waals surface area (Å²) in [6, 6.07) is 10.7. The maximum absolute atomic E-state index is 11.8. The van der Waals surface area contributed by atoms with Crippen LogP contribution in [0.4, 0.5) is 22.7 Å². The minimum atomic E-state index is -0.648. The molecule has 2 aromatic carbocycles. The molecule has 2 aromatic rings. The number of aliphatic hydroxyl groups excluding tert-OH is 2. The van der Waals surface area contributed by atoms with Gasteiger partial charge in [0, 0.05) is 24.8 Å². The number of ether oxygens (including phenoxy) is 1. The minimum absolute atomic E-state index is 0.00862. The highest BCUT2D eigenvalue weighted by Crippen LogP contribution is 2.30. The first-order valence-electron chi connectivity index (χ1n) is 8.94. The van der Waals surface area contributed by atoms with Gasteiger partial charge in [0.2, 0.25) is 0 Å². The van der Waals surface area contributed by atoms with E-state index in [2.05, 4.69) is 10.2 Å². The average molecular weight is 402 g/mol. The van der Waals surface area contributed by atoms with Crippen LogP contribution in [0, 0.1) is 10.1 Å². The molecule has 0 aromatic heterocycles. The molecule has 10 heteroatoms. The van der Waals surface area contributed by atoms with E-state index in [1.165, 1.54) is 12.1 Å². The third kappa shape index (κ3) is 6.06. The molecule has 2 rings (SSSR count). The van der Waals surface area contributed by atoms with Crippen molar-refractivity contribution in [2.24, 2.45) is 10.2 Å². The summed E-state index contributed by atoms with van der Waals surface area (Å²) in [5, 5.41) is 37.5. The van der Waals surface area contributed by atoms with Gasteiger partial charge in [-0.15, -0.1) is 5.11 Å². The highest BCUT2D eigenvalue weighted by atomic mass is 16.6. The Labute approximate surface area is 167 Å². The number of nitro groups is 1. The van der Waals surface area contributed by atoms with Crippen LogP contribution in [0.15, 0.2) is 52.7 Å². The number of carbonyl (C=O) groups excluding carboxylic acids is 1. The lowest BCUT2D eigenvalue weighted by Gasteiger charge is -2.22. The number of rotatable bonds is 10. The quantitative estimate of drug-likeness (QED) is 0.270. The van der Waals surface area contributed by atoms with Gasteiger partial charge in [-0.25, -0.2) is 4.79 Å². The van der Waals surface area contributed by atoms with Crippen LogP contribution in [0.5, 0.6) is 0 Å². The second-order valence-electron chi connectivity index (χ2n) is 5.83. The van der Waals surface area contributed by atoms with Crippen LogP contribution in [0.25, 0.3) is 0 Å². The Balaban J connectivity index is 2.22. The van der Waals surface area contributed by atoms with E-state index in [-0.39, 0.29) is 36.8 Å². The number of azo groups is 1. The molecule has 154 valence electrons. The van der Waals surface area contributed by atoms with Crippen molar-refractivity contribution in [3.05, 3.63) is 58.1 Å². The maximum Gasteiger partial charge on any atom is 0.338 e. The van der Waals surface area contributed by atoms with E-state index >= 15 is 0 Å². The SMILES string of the molecule is CCOC(=O)c1ccc(N=Nc2ccc(N(CCO)CCO)cc2)c([N+](=O)[O-])c1. The molecule has 0 aliphatic heterocycles. The molecule has 0 aliphatic rings. The van der Waals surface area contributed by atoms with Gasteiger partial charge in [0.1, 0.15) is 0 Å². The zero-order chi connectivity index (χ0) is 21.2. The van der Waals surface area contributed by atoms with Crippen LogP contribution in [0.2, 0.25) is 0 Å². The summed E-state index contributed by atoms with van der Waals surface area (Å²) in [5.41, 5.74) is 0.972. The molecule has 0 atom stereocenters. The van der Waals surface area contributed by atoms with E-state index in [0.29, 0.717) is 18.8 Å². The minimum Gasteiger partial charge on any atom is -0.462 e. The lowest BCUT2D eigenvalue weighted by atomic mass is 10.2. The van der Waals surface area contributed by atoms with Gasteiger partial charge in [-0.2, -0.15) is 5.11 Å². The number of carbonyl (C=O) groups is 1. The topological polar surface area (TPSA) is 138 Å². The van der Waals surface area contributed by atoms with E-state index in [9.17, 15) is 14.9 Å². The van der Waals surface area contributed by atoms with Crippen molar-refractivity contribution in [3.63, 3.8) is 0 Å². The fraction of sp³-hybridized carbons (Fsp3) is 0.316. The van der Waals surface area contributed by atoms with Crippen molar-refractivity contribution in [2.75, 3.05) is 37.8 Å². The van der Waals surface area contributed by atoms with Crippen molar-refractivity contribution < 1.29 is 24.7 Å². The Morgan fingerprint density at radius 2 is 1.76 bits per heavy atom. The van der Waals surface area contributed by atoms with Gasteiger partial charge in [-0.05, 0) is 43.3 Å². The zero-order valence-corrected chi connectivity index (χ0v) is 15.9. The Kier molecular flexibility index (Phi) is 8.19. The van der Waals surface area contributed by atoms with Crippen molar-refractivity contribution in [1.82, 2.24) is 0 Å². The molecule has 0 heterocycles. The first-order valence-corrected chi connectivity index (χ1v) is 8.94. The van der Waals surface area contributed by atoms with Crippen molar-refractivity contribution in [2.45, 2.75) is 6.92 Å². The smallest absolute Gasteiger partial charge is 0.338 e. The molecular weight excluding hydrogens is 380 g/mol. The normalized spacial score (nSPS) is 10.9. The Bertz CT molecular complexity index is 864.